The molecule has 3 nitrogen and oxygen atoms in total. The van der Waals surface area contributed by atoms with Gasteiger partial charge in [0, 0.05) is 0 Å². The molecule has 2 atom stereocenters. The maximum Gasteiger partial charge on any atom is 0.105 e. The average Bonchev–Trinajstić information content (AvgIpc) is 2.13. The predicted molar refractivity (Wildman–Crippen MR) is 53.7 cm³/mol. The van der Waals surface area contributed by atoms with E-state index in [1.807, 2.05) is 0 Å². The van der Waals surface area contributed by atoms with Crippen LogP contribution in [0.1, 0.15) is 6.42 Å². The second kappa shape index (κ2) is 5.04. The Morgan fingerprint density at radius 2 is 2.31 bits per heavy atom. The van der Waals surface area contributed by atoms with Crippen LogP contribution in [0.25, 0.3) is 0 Å². The Kier molecular flexibility index (Phi) is 3.99. The third kappa shape index (κ3) is 2.86. The van der Waals surface area contributed by atoms with Crippen molar-refractivity contribution in [2.24, 2.45) is 4.99 Å². The van der Waals surface area contributed by atoms with Gasteiger partial charge >= 0.3 is 0 Å². The van der Waals surface area contributed by atoms with E-state index in [4.69, 9.17) is 0 Å². The van der Waals surface area contributed by atoms with Crippen LogP contribution in [-0.2, 0) is 0 Å². The molecule has 0 aromatic heterocycles. The van der Waals surface area contributed by atoms with Gasteiger partial charge in [-0.05, 0) is 24.2 Å². The second-order valence-electron chi connectivity index (χ2n) is 2.78. The number of thiocarbonyl (C=S) groups is 1. The maximum absolute atomic E-state index is 9.48. The Labute approximate surface area is 82.1 Å². The molecule has 0 aromatic rings. The van der Waals surface area contributed by atoms with E-state index in [0.717, 1.165) is 5.57 Å². The van der Waals surface area contributed by atoms with Crippen molar-refractivity contribution in [3.63, 3.8) is 0 Å². The lowest BCUT2D eigenvalue weighted by atomic mass is 9.97. The molecule has 1 rings (SSSR count). The number of aliphatic imine (C=N–C) groups is 1. The van der Waals surface area contributed by atoms with Crippen LogP contribution in [0.5, 0.6) is 0 Å². The van der Waals surface area contributed by atoms with E-state index in [1.165, 1.54) is 0 Å². The summed E-state index contributed by atoms with van der Waals surface area (Å²) < 4.78 is 0. The molecule has 0 saturated heterocycles. The monoisotopic (exact) mass is 197 g/mol. The minimum Gasteiger partial charge on any atom is -0.386 e. The Bertz CT molecular complexity index is 279. The molecule has 0 aliphatic heterocycles. The smallest absolute Gasteiger partial charge is 0.105 e. The molecule has 70 valence electrons. The van der Waals surface area contributed by atoms with Crippen LogP contribution in [0.2, 0.25) is 0 Å². The minimum absolute atomic E-state index is 0.507. The molecule has 0 saturated carbocycles. The summed E-state index contributed by atoms with van der Waals surface area (Å²) in [4.78, 5) is 3.73. The Morgan fingerprint density at radius 1 is 1.54 bits per heavy atom. The van der Waals surface area contributed by atoms with Gasteiger partial charge in [-0.15, -0.1) is 0 Å². The standard InChI is InChI=1S/C9H11NO2S/c11-8-3-1-2-7(9(8)12)4-5-10-6-13/h1-3,8-9,11-12H,4-5H2/t8-,9+/m0/s1. The number of aliphatic hydroxyl groups excluding tert-OH is 2. The summed E-state index contributed by atoms with van der Waals surface area (Å²) in [7, 11) is 0. The summed E-state index contributed by atoms with van der Waals surface area (Å²) in [5, 5.41) is 21.0. The highest BCUT2D eigenvalue weighted by atomic mass is 32.1. The first-order valence-corrected chi connectivity index (χ1v) is 4.43. The van der Waals surface area contributed by atoms with Crippen molar-refractivity contribution >= 4 is 17.4 Å². The fraction of sp³-hybridized carbons (Fsp3) is 0.444. The van der Waals surface area contributed by atoms with Crippen molar-refractivity contribution in [3.05, 3.63) is 23.8 Å². The SMILES string of the molecule is O[C@@H]1C(CCN=C=S)=CC=C[C@@H]1O. The van der Waals surface area contributed by atoms with E-state index in [0.29, 0.717) is 13.0 Å². The molecule has 0 amide bonds. The first kappa shape index (κ1) is 10.3. The Hall–Kier alpha value is -0.800. The van der Waals surface area contributed by atoms with E-state index >= 15 is 0 Å². The van der Waals surface area contributed by atoms with Crippen molar-refractivity contribution < 1.29 is 10.2 Å². The zero-order chi connectivity index (χ0) is 9.68. The highest BCUT2D eigenvalue weighted by Gasteiger charge is 2.19. The lowest BCUT2D eigenvalue weighted by molar-refractivity contribution is 0.0695. The fourth-order valence-electron chi connectivity index (χ4n) is 1.18. The molecule has 0 fully saturated rings. The van der Waals surface area contributed by atoms with Gasteiger partial charge in [0.15, 0.2) is 0 Å². The van der Waals surface area contributed by atoms with Gasteiger partial charge in [0.25, 0.3) is 0 Å². The van der Waals surface area contributed by atoms with Crippen molar-refractivity contribution in [1.29, 1.82) is 0 Å². The first-order chi connectivity index (χ1) is 6.25. The van der Waals surface area contributed by atoms with Gasteiger partial charge in [-0.25, -0.2) is 4.99 Å². The van der Waals surface area contributed by atoms with Crippen molar-refractivity contribution in [2.45, 2.75) is 18.6 Å². The number of hydrogen-bond donors (Lipinski definition) is 2. The summed E-state index contributed by atoms with van der Waals surface area (Å²) >= 11 is 4.41. The minimum atomic E-state index is -0.801. The van der Waals surface area contributed by atoms with E-state index < -0.39 is 12.2 Å². The number of isothiocyanates is 1. The summed E-state index contributed by atoms with van der Waals surface area (Å²) in [6, 6.07) is 0. The lowest BCUT2D eigenvalue weighted by Gasteiger charge is -2.20. The number of nitrogens with zero attached hydrogens (tertiary/aromatic N) is 1. The number of allylic oxidation sites excluding steroid dienone is 2. The van der Waals surface area contributed by atoms with Crippen molar-refractivity contribution in [3.8, 4) is 0 Å². The summed E-state index contributed by atoms with van der Waals surface area (Å²) in [6.45, 7) is 0.507. The molecular weight excluding hydrogens is 186 g/mol. The molecule has 2 N–H and O–H groups in total. The summed E-state index contributed by atoms with van der Waals surface area (Å²) in [6.07, 6.45) is 4.08. The van der Waals surface area contributed by atoms with E-state index in [2.05, 4.69) is 22.4 Å². The number of hydrogen-bond acceptors (Lipinski definition) is 4. The topological polar surface area (TPSA) is 52.8 Å². The molecule has 0 unspecified atom stereocenters. The van der Waals surface area contributed by atoms with E-state index in [-0.39, 0.29) is 0 Å². The van der Waals surface area contributed by atoms with Crippen LogP contribution >= 0.6 is 12.2 Å². The summed E-state index contributed by atoms with van der Waals surface area (Å²) in [5.74, 6) is 0. The highest BCUT2D eigenvalue weighted by molar-refractivity contribution is 7.78. The van der Waals surface area contributed by atoms with Gasteiger partial charge in [0.1, 0.15) is 12.2 Å². The normalized spacial score (nSPS) is 26.5. The highest BCUT2D eigenvalue weighted by Crippen LogP contribution is 2.16. The Morgan fingerprint density at radius 3 is 3.00 bits per heavy atom. The summed E-state index contributed by atoms with van der Waals surface area (Å²) in [5.41, 5.74) is 0.781. The van der Waals surface area contributed by atoms with Crippen LogP contribution in [0, 0.1) is 0 Å². The van der Waals surface area contributed by atoms with Gasteiger partial charge < -0.3 is 10.2 Å². The van der Waals surface area contributed by atoms with Crippen LogP contribution in [-0.4, -0.2) is 34.1 Å². The third-order valence-electron chi connectivity index (χ3n) is 1.90. The molecule has 0 heterocycles. The van der Waals surface area contributed by atoms with Crippen molar-refractivity contribution in [2.75, 3.05) is 6.54 Å². The molecular formula is C9H11NO2S. The van der Waals surface area contributed by atoms with Crippen LogP contribution in [0.15, 0.2) is 28.8 Å². The Balaban J connectivity index is 2.53. The molecule has 0 aromatic carbocycles. The molecule has 0 spiro atoms. The van der Waals surface area contributed by atoms with Crippen LogP contribution in [0.3, 0.4) is 0 Å². The van der Waals surface area contributed by atoms with Gasteiger partial charge in [0.2, 0.25) is 0 Å². The van der Waals surface area contributed by atoms with Gasteiger partial charge in [-0.2, -0.15) is 0 Å². The second-order valence-corrected chi connectivity index (χ2v) is 2.97. The fourth-order valence-corrected chi connectivity index (χ4v) is 1.27. The molecule has 1 aliphatic carbocycles. The molecule has 1 aliphatic rings. The predicted octanol–water partition coefficient (Wildman–Crippen LogP) is 0.697. The average molecular weight is 197 g/mol. The van der Waals surface area contributed by atoms with Gasteiger partial charge in [-0.3, -0.25) is 0 Å². The van der Waals surface area contributed by atoms with Crippen LogP contribution in [0.4, 0.5) is 0 Å². The molecule has 13 heavy (non-hydrogen) atoms. The van der Waals surface area contributed by atoms with Gasteiger partial charge in [0.05, 0.1) is 11.7 Å². The zero-order valence-corrected chi connectivity index (χ0v) is 7.87. The molecule has 0 radical (unpaired) electrons. The van der Waals surface area contributed by atoms with Crippen molar-refractivity contribution in [1.82, 2.24) is 0 Å². The van der Waals surface area contributed by atoms with Crippen LogP contribution < -0.4 is 0 Å². The maximum atomic E-state index is 9.48. The van der Waals surface area contributed by atoms with E-state index in [9.17, 15) is 10.2 Å². The number of aliphatic hydroxyl groups is 2. The molecule has 4 heteroatoms. The largest absolute Gasteiger partial charge is 0.386 e. The quantitative estimate of drug-likeness (QED) is 0.517. The lowest BCUT2D eigenvalue weighted by Crippen LogP contribution is -2.28. The first-order valence-electron chi connectivity index (χ1n) is 4.02. The molecule has 0 bridgehead atoms. The van der Waals surface area contributed by atoms with Gasteiger partial charge in [-0.1, -0.05) is 18.2 Å². The zero-order valence-electron chi connectivity index (χ0n) is 7.05. The number of rotatable bonds is 3. The third-order valence-corrected chi connectivity index (χ3v) is 2.03. The van der Waals surface area contributed by atoms with E-state index in [1.54, 1.807) is 18.2 Å².